The lowest BCUT2D eigenvalue weighted by atomic mass is 10.1. The molecule has 1 heterocycles. The van der Waals surface area contributed by atoms with Crippen LogP contribution in [0.3, 0.4) is 0 Å². The standard InChI is InChI=1S/C19H25N3O3/c1-13-19(24)17(15(12-23)9-21-13)10-20-11-18(22(2)3)14-5-7-16(25-4)8-6-14/h5-10,18,23-24H,11-12H2,1-4H3/t18-/m1/s1. The number of likely N-dealkylation sites (N-methyl/N-ethyl adjacent to an activating group) is 1. The first-order chi connectivity index (χ1) is 12.0. The molecule has 25 heavy (non-hydrogen) atoms. The highest BCUT2D eigenvalue weighted by molar-refractivity contribution is 5.85. The van der Waals surface area contributed by atoms with Gasteiger partial charge in [-0.15, -0.1) is 0 Å². The van der Waals surface area contributed by atoms with E-state index in [1.165, 1.54) is 0 Å². The molecule has 2 rings (SSSR count). The van der Waals surface area contributed by atoms with E-state index in [2.05, 4.69) is 14.9 Å². The Morgan fingerprint density at radius 3 is 2.52 bits per heavy atom. The molecule has 0 saturated heterocycles. The zero-order valence-corrected chi connectivity index (χ0v) is 15.1. The predicted molar refractivity (Wildman–Crippen MR) is 98.4 cm³/mol. The maximum Gasteiger partial charge on any atom is 0.145 e. The van der Waals surface area contributed by atoms with Gasteiger partial charge in [-0.05, 0) is 38.7 Å². The summed E-state index contributed by atoms with van der Waals surface area (Å²) in [7, 11) is 5.64. The first-order valence-corrected chi connectivity index (χ1v) is 8.06. The Labute approximate surface area is 148 Å². The van der Waals surface area contributed by atoms with Gasteiger partial charge in [0.2, 0.25) is 0 Å². The number of ether oxygens (including phenoxy) is 1. The number of aromatic hydroxyl groups is 1. The van der Waals surface area contributed by atoms with Crippen LogP contribution in [0.15, 0.2) is 35.5 Å². The maximum absolute atomic E-state index is 10.2. The van der Waals surface area contributed by atoms with E-state index in [9.17, 15) is 10.2 Å². The van der Waals surface area contributed by atoms with Gasteiger partial charge in [0.05, 0.1) is 32.0 Å². The van der Waals surface area contributed by atoms with Gasteiger partial charge in [-0.25, -0.2) is 0 Å². The molecule has 0 fully saturated rings. The minimum atomic E-state index is -0.197. The first-order valence-electron chi connectivity index (χ1n) is 8.06. The molecular weight excluding hydrogens is 318 g/mol. The van der Waals surface area contributed by atoms with E-state index in [1.54, 1.807) is 26.4 Å². The summed E-state index contributed by atoms with van der Waals surface area (Å²) in [6.07, 6.45) is 3.17. The van der Waals surface area contributed by atoms with Crippen LogP contribution in [-0.4, -0.2) is 54.1 Å². The van der Waals surface area contributed by atoms with Crippen LogP contribution in [-0.2, 0) is 6.61 Å². The molecule has 0 aliphatic heterocycles. The van der Waals surface area contributed by atoms with E-state index in [-0.39, 0.29) is 18.4 Å². The van der Waals surface area contributed by atoms with Gasteiger partial charge in [-0.1, -0.05) is 12.1 Å². The Hall–Kier alpha value is -2.44. The van der Waals surface area contributed by atoms with Crippen molar-refractivity contribution in [3.63, 3.8) is 0 Å². The Kier molecular flexibility index (Phi) is 6.50. The summed E-state index contributed by atoms with van der Waals surface area (Å²) in [5.74, 6) is 0.871. The molecule has 0 unspecified atom stereocenters. The average molecular weight is 343 g/mol. The van der Waals surface area contributed by atoms with Gasteiger partial charge in [0.15, 0.2) is 0 Å². The smallest absolute Gasteiger partial charge is 0.145 e. The lowest BCUT2D eigenvalue weighted by Gasteiger charge is -2.23. The topological polar surface area (TPSA) is 78.2 Å². The van der Waals surface area contributed by atoms with E-state index in [0.29, 0.717) is 23.4 Å². The molecule has 0 amide bonds. The monoisotopic (exact) mass is 343 g/mol. The highest BCUT2D eigenvalue weighted by atomic mass is 16.5. The average Bonchev–Trinajstić information content (AvgIpc) is 2.62. The lowest BCUT2D eigenvalue weighted by Crippen LogP contribution is -2.22. The van der Waals surface area contributed by atoms with Gasteiger partial charge in [-0.3, -0.25) is 9.98 Å². The Bertz CT molecular complexity index is 727. The summed E-state index contributed by atoms with van der Waals surface area (Å²) in [6.45, 7) is 2.04. The van der Waals surface area contributed by atoms with Crippen molar-refractivity contribution in [3.05, 3.63) is 52.8 Å². The van der Waals surface area contributed by atoms with Crippen LogP contribution >= 0.6 is 0 Å². The van der Waals surface area contributed by atoms with Crippen LogP contribution in [0, 0.1) is 6.92 Å². The molecule has 1 aromatic heterocycles. The summed E-state index contributed by atoms with van der Waals surface area (Å²) >= 11 is 0. The van der Waals surface area contributed by atoms with Crippen LogP contribution in [0.2, 0.25) is 0 Å². The molecule has 2 aromatic rings. The number of methoxy groups -OCH3 is 1. The summed E-state index contributed by atoms with van der Waals surface area (Å²) in [5.41, 5.74) is 2.71. The van der Waals surface area contributed by atoms with Crippen LogP contribution in [0.25, 0.3) is 0 Å². The number of rotatable bonds is 7. The number of benzene rings is 1. The van der Waals surface area contributed by atoms with E-state index >= 15 is 0 Å². The highest BCUT2D eigenvalue weighted by Crippen LogP contribution is 2.24. The molecule has 6 heteroatoms. The largest absolute Gasteiger partial charge is 0.505 e. The summed E-state index contributed by atoms with van der Waals surface area (Å²) in [5, 5.41) is 19.6. The van der Waals surface area contributed by atoms with Crippen molar-refractivity contribution < 1.29 is 14.9 Å². The number of aliphatic hydroxyl groups is 1. The van der Waals surface area contributed by atoms with Crippen molar-refractivity contribution in [1.82, 2.24) is 9.88 Å². The van der Waals surface area contributed by atoms with Gasteiger partial charge in [0.25, 0.3) is 0 Å². The number of aliphatic imine (C=N–C) groups is 1. The summed E-state index contributed by atoms with van der Waals surface area (Å²) < 4.78 is 5.20. The zero-order valence-electron chi connectivity index (χ0n) is 15.1. The quantitative estimate of drug-likeness (QED) is 0.755. The number of aliphatic hydroxyl groups excluding tert-OH is 1. The minimum Gasteiger partial charge on any atom is -0.505 e. The second-order valence-electron chi connectivity index (χ2n) is 6.04. The first kappa shape index (κ1) is 18.9. The molecule has 134 valence electrons. The number of hydrogen-bond donors (Lipinski definition) is 2. The van der Waals surface area contributed by atoms with Crippen LogP contribution < -0.4 is 4.74 Å². The van der Waals surface area contributed by atoms with Crippen LogP contribution in [0.1, 0.15) is 28.4 Å². The second kappa shape index (κ2) is 8.60. The third-order valence-corrected chi connectivity index (χ3v) is 4.15. The molecule has 0 bridgehead atoms. The highest BCUT2D eigenvalue weighted by Gasteiger charge is 2.14. The number of hydrogen-bond acceptors (Lipinski definition) is 6. The van der Waals surface area contributed by atoms with Crippen molar-refractivity contribution in [3.8, 4) is 11.5 Å². The third-order valence-electron chi connectivity index (χ3n) is 4.15. The third kappa shape index (κ3) is 4.55. The molecule has 0 spiro atoms. The van der Waals surface area contributed by atoms with Crippen LogP contribution in [0.5, 0.6) is 11.5 Å². The molecule has 1 atom stereocenters. The second-order valence-corrected chi connectivity index (χ2v) is 6.04. The Morgan fingerprint density at radius 1 is 1.28 bits per heavy atom. The summed E-state index contributed by atoms with van der Waals surface area (Å²) in [4.78, 5) is 10.6. The fourth-order valence-corrected chi connectivity index (χ4v) is 2.56. The number of aryl methyl sites for hydroxylation is 1. The van der Waals surface area contributed by atoms with E-state index in [4.69, 9.17) is 4.74 Å². The SMILES string of the molecule is COc1ccc([C@@H](CN=Cc2c(CO)cnc(C)c2O)N(C)C)cc1. The predicted octanol–water partition coefficient (Wildman–Crippen LogP) is 2.32. The van der Waals surface area contributed by atoms with Crippen molar-refractivity contribution in [2.45, 2.75) is 19.6 Å². The fraction of sp³-hybridized carbons (Fsp3) is 0.368. The van der Waals surface area contributed by atoms with Gasteiger partial charge >= 0.3 is 0 Å². The molecule has 2 N–H and O–H groups in total. The molecule has 0 radical (unpaired) electrons. The number of aromatic nitrogens is 1. The van der Waals surface area contributed by atoms with Crippen LogP contribution in [0.4, 0.5) is 0 Å². The normalized spacial score (nSPS) is 12.7. The van der Waals surface area contributed by atoms with Gasteiger partial charge in [0.1, 0.15) is 11.5 Å². The fourth-order valence-electron chi connectivity index (χ4n) is 2.56. The van der Waals surface area contributed by atoms with E-state index in [0.717, 1.165) is 11.3 Å². The number of pyridine rings is 1. The lowest BCUT2D eigenvalue weighted by molar-refractivity contribution is 0.280. The number of nitrogens with zero attached hydrogens (tertiary/aromatic N) is 3. The Morgan fingerprint density at radius 2 is 1.96 bits per heavy atom. The summed E-state index contributed by atoms with van der Waals surface area (Å²) in [6, 6.07) is 7.98. The van der Waals surface area contributed by atoms with Gasteiger partial charge < -0.3 is 19.8 Å². The van der Waals surface area contributed by atoms with Crippen molar-refractivity contribution in [2.24, 2.45) is 4.99 Å². The minimum absolute atomic E-state index is 0.0566. The van der Waals surface area contributed by atoms with Crippen molar-refractivity contribution in [1.29, 1.82) is 0 Å². The molecule has 0 aliphatic rings. The molecular formula is C19H25N3O3. The molecule has 0 aliphatic carbocycles. The van der Waals surface area contributed by atoms with Crippen molar-refractivity contribution >= 4 is 6.21 Å². The van der Waals surface area contributed by atoms with Gasteiger partial charge in [-0.2, -0.15) is 0 Å². The maximum atomic E-state index is 10.2. The van der Waals surface area contributed by atoms with Crippen molar-refractivity contribution in [2.75, 3.05) is 27.7 Å². The molecule has 6 nitrogen and oxygen atoms in total. The zero-order chi connectivity index (χ0) is 18.4. The van der Waals surface area contributed by atoms with Gasteiger partial charge in [0, 0.05) is 23.5 Å². The Balaban J connectivity index is 2.21. The van der Waals surface area contributed by atoms with E-state index in [1.807, 2.05) is 38.4 Å². The van der Waals surface area contributed by atoms with E-state index < -0.39 is 0 Å². The molecule has 0 saturated carbocycles. The molecule has 1 aromatic carbocycles.